The number of furan rings is 1. The van der Waals surface area contributed by atoms with Crippen molar-refractivity contribution in [1.29, 1.82) is 0 Å². The Morgan fingerprint density at radius 3 is 2.76 bits per heavy atom. The molecule has 1 unspecified atom stereocenters. The molecule has 1 aromatic carbocycles. The number of aliphatic hydroxyl groups excluding tert-OH is 1. The summed E-state index contributed by atoms with van der Waals surface area (Å²) in [5.41, 5.74) is 0. The second-order valence-corrected chi connectivity index (χ2v) is 8.41. The van der Waals surface area contributed by atoms with Crippen molar-refractivity contribution in [3.63, 3.8) is 0 Å². The Morgan fingerprint density at radius 1 is 1.28 bits per heavy atom. The molecule has 2 N–H and O–H groups in total. The fourth-order valence-corrected chi connectivity index (χ4v) is 4.37. The van der Waals surface area contributed by atoms with E-state index in [1.165, 1.54) is 11.3 Å². The van der Waals surface area contributed by atoms with Gasteiger partial charge in [-0.25, -0.2) is 17.5 Å². The molecule has 132 valence electrons. The zero-order valence-electron chi connectivity index (χ0n) is 12.6. The van der Waals surface area contributed by atoms with Crippen LogP contribution in [0.15, 0.2) is 58.0 Å². The monoisotopic (exact) mass is 401 g/mol. The molecule has 0 spiro atoms. The molecular formula is C16H13ClFNO4S2. The van der Waals surface area contributed by atoms with Crippen molar-refractivity contribution in [1.82, 2.24) is 4.72 Å². The number of rotatable bonds is 6. The third kappa shape index (κ3) is 4.10. The first-order valence-electron chi connectivity index (χ1n) is 7.13. The quantitative estimate of drug-likeness (QED) is 0.658. The van der Waals surface area contributed by atoms with Crippen LogP contribution in [0.5, 0.6) is 0 Å². The first-order valence-corrected chi connectivity index (χ1v) is 9.81. The van der Waals surface area contributed by atoms with Crippen LogP contribution in [0.25, 0.3) is 10.6 Å². The minimum Gasteiger partial charge on any atom is -0.464 e. The summed E-state index contributed by atoms with van der Waals surface area (Å²) in [5, 5.41) is 9.92. The normalized spacial score (nSPS) is 13.1. The Morgan fingerprint density at radius 2 is 2.08 bits per heavy atom. The summed E-state index contributed by atoms with van der Waals surface area (Å²) >= 11 is 6.91. The second kappa shape index (κ2) is 7.27. The molecular weight excluding hydrogens is 389 g/mol. The maximum absolute atomic E-state index is 13.1. The maximum atomic E-state index is 13.1. The van der Waals surface area contributed by atoms with E-state index in [4.69, 9.17) is 16.0 Å². The van der Waals surface area contributed by atoms with Crippen LogP contribution < -0.4 is 4.72 Å². The third-order valence-electron chi connectivity index (χ3n) is 3.39. The Kier molecular flexibility index (Phi) is 5.26. The standard InChI is InChI=1S/C16H13ClFNO4S2/c17-11-8-10(3-4-12(11)18)25(21,22)19-9-13(20)15-5-6-16(24-15)14-2-1-7-23-14/h1-8,13,19-20H,9H2. The van der Waals surface area contributed by atoms with Gasteiger partial charge in [-0.2, -0.15) is 0 Å². The Bertz CT molecular complexity index is 970. The Hall–Kier alpha value is -1.71. The zero-order chi connectivity index (χ0) is 18.0. The van der Waals surface area contributed by atoms with Gasteiger partial charge in [0.2, 0.25) is 10.0 Å². The van der Waals surface area contributed by atoms with Gasteiger partial charge < -0.3 is 9.52 Å². The average molecular weight is 402 g/mol. The first kappa shape index (κ1) is 18.1. The van der Waals surface area contributed by atoms with Crippen molar-refractivity contribution < 1.29 is 22.3 Å². The Balaban J connectivity index is 1.69. The maximum Gasteiger partial charge on any atom is 0.240 e. The van der Waals surface area contributed by atoms with Crippen LogP contribution >= 0.6 is 22.9 Å². The van der Waals surface area contributed by atoms with E-state index in [0.717, 1.165) is 23.1 Å². The van der Waals surface area contributed by atoms with Crippen molar-refractivity contribution >= 4 is 33.0 Å². The first-order chi connectivity index (χ1) is 11.9. The molecule has 0 aliphatic heterocycles. The van der Waals surface area contributed by atoms with Gasteiger partial charge in [-0.15, -0.1) is 11.3 Å². The number of halogens is 2. The number of hydrogen-bond donors (Lipinski definition) is 2. The van der Waals surface area contributed by atoms with E-state index >= 15 is 0 Å². The summed E-state index contributed by atoms with van der Waals surface area (Å²) in [7, 11) is -3.91. The number of nitrogens with one attached hydrogen (secondary N) is 1. The number of hydrogen-bond acceptors (Lipinski definition) is 5. The lowest BCUT2D eigenvalue weighted by Gasteiger charge is -2.11. The van der Waals surface area contributed by atoms with E-state index in [9.17, 15) is 17.9 Å². The smallest absolute Gasteiger partial charge is 0.240 e. The summed E-state index contributed by atoms with van der Waals surface area (Å²) in [4.78, 5) is 1.24. The van der Waals surface area contributed by atoms with Gasteiger partial charge in [0.05, 0.1) is 21.1 Å². The molecule has 25 heavy (non-hydrogen) atoms. The molecule has 2 heterocycles. The molecule has 1 atom stereocenters. The molecule has 2 aromatic heterocycles. The van der Waals surface area contributed by atoms with Crippen molar-refractivity contribution in [2.45, 2.75) is 11.0 Å². The van der Waals surface area contributed by atoms with E-state index < -0.39 is 21.9 Å². The summed E-state index contributed by atoms with van der Waals surface area (Å²) < 4.78 is 45.1. The Labute approximate surface area is 152 Å². The number of thiophene rings is 1. The van der Waals surface area contributed by atoms with Crippen LogP contribution in [-0.2, 0) is 10.0 Å². The molecule has 3 rings (SSSR count). The van der Waals surface area contributed by atoms with Crippen molar-refractivity contribution in [2.24, 2.45) is 0 Å². The van der Waals surface area contributed by atoms with Crippen molar-refractivity contribution in [3.05, 3.63) is 64.4 Å². The topological polar surface area (TPSA) is 79.5 Å². The fraction of sp³-hybridized carbons (Fsp3) is 0.125. The van der Waals surface area contributed by atoms with Gasteiger partial charge in [-0.3, -0.25) is 0 Å². The number of aliphatic hydroxyl groups is 1. The van der Waals surface area contributed by atoms with Crippen LogP contribution in [0.3, 0.4) is 0 Å². The van der Waals surface area contributed by atoms with Gasteiger partial charge in [-0.1, -0.05) is 11.6 Å². The lowest BCUT2D eigenvalue weighted by atomic mass is 10.3. The molecule has 0 aliphatic carbocycles. The van der Waals surface area contributed by atoms with Gasteiger partial charge in [-0.05, 0) is 42.5 Å². The van der Waals surface area contributed by atoms with Crippen LogP contribution in [-0.4, -0.2) is 20.1 Å². The highest BCUT2D eigenvalue weighted by atomic mass is 35.5. The van der Waals surface area contributed by atoms with Crippen molar-refractivity contribution in [2.75, 3.05) is 6.54 Å². The zero-order valence-corrected chi connectivity index (χ0v) is 15.0. The van der Waals surface area contributed by atoms with E-state index in [1.54, 1.807) is 30.5 Å². The van der Waals surface area contributed by atoms with Gasteiger partial charge in [0.25, 0.3) is 0 Å². The average Bonchev–Trinajstić information content (AvgIpc) is 3.26. The highest BCUT2D eigenvalue weighted by Gasteiger charge is 2.19. The predicted octanol–water partition coefficient (Wildman–Crippen LogP) is 3.81. The van der Waals surface area contributed by atoms with Gasteiger partial charge in [0.1, 0.15) is 17.7 Å². The second-order valence-electron chi connectivity index (χ2n) is 5.12. The lowest BCUT2D eigenvalue weighted by molar-refractivity contribution is 0.186. The van der Waals surface area contributed by atoms with Crippen LogP contribution in [0.2, 0.25) is 5.02 Å². The molecule has 0 aliphatic rings. The lowest BCUT2D eigenvalue weighted by Crippen LogP contribution is -2.28. The van der Waals surface area contributed by atoms with Gasteiger partial charge in [0, 0.05) is 11.4 Å². The molecule has 5 nitrogen and oxygen atoms in total. The van der Waals surface area contributed by atoms with E-state index in [1.807, 2.05) is 0 Å². The van der Waals surface area contributed by atoms with E-state index in [-0.39, 0.29) is 16.5 Å². The molecule has 3 aromatic rings. The fourth-order valence-electron chi connectivity index (χ4n) is 2.10. The predicted molar refractivity (Wildman–Crippen MR) is 93.6 cm³/mol. The molecule has 0 saturated carbocycles. The van der Waals surface area contributed by atoms with E-state index in [2.05, 4.69) is 4.72 Å². The summed E-state index contributed by atoms with van der Waals surface area (Å²) in [6, 6.07) is 10.1. The van der Waals surface area contributed by atoms with E-state index in [0.29, 0.717) is 10.6 Å². The minimum absolute atomic E-state index is 0.173. The van der Waals surface area contributed by atoms with Crippen LogP contribution in [0, 0.1) is 5.82 Å². The summed E-state index contributed by atoms with van der Waals surface area (Å²) in [6.07, 6.45) is 0.520. The highest BCUT2D eigenvalue weighted by Crippen LogP contribution is 2.31. The van der Waals surface area contributed by atoms with Crippen molar-refractivity contribution in [3.8, 4) is 10.6 Å². The highest BCUT2D eigenvalue weighted by molar-refractivity contribution is 7.89. The van der Waals surface area contributed by atoms with Crippen LogP contribution in [0.4, 0.5) is 4.39 Å². The SMILES string of the molecule is O=S(=O)(NCC(O)c1ccc(-c2ccco2)s1)c1ccc(F)c(Cl)c1. The summed E-state index contributed by atoms with van der Waals surface area (Å²) in [5.74, 6) is -0.0327. The molecule has 9 heteroatoms. The largest absolute Gasteiger partial charge is 0.464 e. The van der Waals surface area contributed by atoms with Gasteiger partial charge in [0.15, 0.2) is 0 Å². The minimum atomic E-state index is -3.91. The third-order valence-corrected chi connectivity index (χ3v) is 6.30. The molecule has 0 saturated heterocycles. The molecule has 0 bridgehead atoms. The molecule has 0 amide bonds. The van der Waals surface area contributed by atoms with Gasteiger partial charge >= 0.3 is 0 Å². The van der Waals surface area contributed by atoms with Crippen LogP contribution in [0.1, 0.15) is 11.0 Å². The molecule has 0 fully saturated rings. The number of sulfonamides is 1. The summed E-state index contributed by atoms with van der Waals surface area (Å²) in [6.45, 7) is -0.227. The number of benzene rings is 1. The molecule has 0 radical (unpaired) electrons.